The molecule has 1 aromatic carbocycles. The molecule has 0 spiro atoms. The molecule has 0 saturated heterocycles. The summed E-state index contributed by atoms with van der Waals surface area (Å²) in [5.41, 5.74) is -0.227. The summed E-state index contributed by atoms with van der Waals surface area (Å²) < 4.78 is 10.3. The largest absolute Gasteiger partial charge is 0.496 e. The van der Waals surface area contributed by atoms with Gasteiger partial charge >= 0.3 is 0 Å². The van der Waals surface area contributed by atoms with Crippen LogP contribution in [-0.4, -0.2) is 29.7 Å². The van der Waals surface area contributed by atoms with Crippen LogP contribution in [0.5, 0.6) is 11.5 Å². The molecule has 0 radical (unpaired) electrons. The van der Waals surface area contributed by atoms with Gasteiger partial charge in [-0.1, -0.05) is 11.6 Å². The molecule has 0 amide bonds. The Hall–Kier alpha value is -1.26. The van der Waals surface area contributed by atoms with E-state index in [1.54, 1.807) is 19.1 Å². The summed E-state index contributed by atoms with van der Waals surface area (Å²) in [4.78, 5) is 11.7. The Morgan fingerprint density at radius 1 is 1.41 bits per heavy atom. The van der Waals surface area contributed by atoms with E-state index in [4.69, 9.17) is 21.1 Å². The van der Waals surface area contributed by atoms with E-state index in [-0.39, 0.29) is 5.56 Å². The van der Waals surface area contributed by atoms with E-state index in [9.17, 15) is 9.90 Å². The lowest BCUT2D eigenvalue weighted by Crippen LogP contribution is -2.17. The minimum atomic E-state index is -1.09. The fourth-order valence-electron chi connectivity index (χ4n) is 1.37. The summed E-state index contributed by atoms with van der Waals surface area (Å²) >= 11 is 5.69. The number of hydrogen-bond acceptors (Lipinski definition) is 4. The quantitative estimate of drug-likeness (QED) is 0.650. The Kier molecular flexibility index (Phi) is 4.78. The second kappa shape index (κ2) is 5.89. The van der Waals surface area contributed by atoms with E-state index in [0.29, 0.717) is 11.5 Å². The zero-order valence-electron chi connectivity index (χ0n) is 9.94. The van der Waals surface area contributed by atoms with Crippen molar-refractivity contribution in [2.45, 2.75) is 25.5 Å². The number of aliphatic hydroxyl groups is 1. The molecular weight excluding hydrogens is 244 g/mol. The van der Waals surface area contributed by atoms with Crippen LogP contribution in [0.4, 0.5) is 0 Å². The van der Waals surface area contributed by atoms with E-state index >= 15 is 0 Å². The number of rotatable bonds is 5. The van der Waals surface area contributed by atoms with Crippen LogP contribution in [0.15, 0.2) is 18.2 Å². The molecule has 2 unspecified atom stereocenters. The highest BCUT2D eigenvalue weighted by atomic mass is 35.5. The van der Waals surface area contributed by atoms with Gasteiger partial charge in [-0.2, -0.15) is 0 Å². The van der Waals surface area contributed by atoms with Crippen molar-refractivity contribution in [3.63, 3.8) is 0 Å². The first-order valence-electron chi connectivity index (χ1n) is 5.16. The molecule has 1 rings (SSSR count). The minimum absolute atomic E-state index is 0.275. The van der Waals surface area contributed by atoms with Gasteiger partial charge in [-0.05, 0) is 32.0 Å². The zero-order chi connectivity index (χ0) is 13.0. The number of Topliss-reactive ketones (excluding diaryl/α,β-unsaturated/α-hetero) is 1. The maximum atomic E-state index is 11.7. The van der Waals surface area contributed by atoms with Crippen molar-refractivity contribution in [2.24, 2.45) is 0 Å². The number of carbonyl (C=O) groups excluding carboxylic acids is 1. The monoisotopic (exact) mass is 258 g/mol. The van der Waals surface area contributed by atoms with Gasteiger partial charge in [0.1, 0.15) is 17.6 Å². The highest BCUT2D eigenvalue weighted by molar-refractivity contribution is 6.19. The smallest absolute Gasteiger partial charge is 0.194 e. The summed E-state index contributed by atoms with van der Waals surface area (Å²) in [6.07, 6.45) is -1.09. The zero-order valence-corrected chi connectivity index (χ0v) is 10.7. The fourth-order valence-corrected chi connectivity index (χ4v) is 1.47. The van der Waals surface area contributed by atoms with Crippen molar-refractivity contribution in [3.8, 4) is 11.5 Å². The Morgan fingerprint density at radius 3 is 2.53 bits per heavy atom. The van der Waals surface area contributed by atoms with Gasteiger partial charge in [-0.25, -0.2) is 0 Å². The SMILES string of the molecule is COc1ccc(OC(C)Cl)cc1C(=O)C(C)O. The number of ketones is 1. The molecule has 17 heavy (non-hydrogen) atoms. The van der Waals surface area contributed by atoms with E-state index in [1.165, 1.54) is 20.1 Å². The lowest BCUT2D eigenvalue weighted by molar-refractivity contribution is 0.0776. The summed E-state index contributed by atoms with van der Waals surface area (Å²) in [7, 11) is 1.46. The standard InChI is InChI=1S/C12H15ClO4/c1-7(14)12(15)10-6-9(17-8(2)13)4-5-11(10)16-3/h4-8,14H,1-3H3. The number of halogens is 1. The lowest BCUT2D eigenvalue weighted by Gasteiger charge is -2.13. The summed E-state index contributed by atoms with van der Waals surface area (Å²) in [6.45, 7) is 3.07. The van der Waals surface area contributed by atoms with Gasteiger partial charge < -0.3 is 14.6 Å². The molecule has 0 saturated carbocycles. The number of carbonyl (C=O) groups is 1. The maximum Gasteiger partial charge on any atom is 0.194 e. The summed E-state index contributed by atoms with van der Waals surface area (Å²) in [5, 5.41) is 9.30. The van der Waals surface area contributed by atoms with Crippen molar-refractivity contribution >= 4 is 17.4 Å². The number of methoxy groups -OCH3 is 1. The van der Waals surface area contributed by atoms with Gasteiger partial charge in [0, 0.05) is 0 Å². The van der Waals surface area contributed by atoms with E-state index in [2.05, 4.69) is 0 Å². The molecule has 0 fully saturated rings. The Balaban J connectivity index is 3.10. The van der Waals surface area contributed by atoms with Crippen LogP contribution in [0.25, 0.3) is 0 Å². The molecule has 1 N–H and O–H groups in total. The predicted molar refractivity (Wildman–Crippen MR) is 64.9 cm³/mol. The topological polar surface area (TPSA) is 55.8 Å². The molecular formula is C12H15ClO4. The Bertz CT molecular complexity index is 401. The first kappa shape index (κ1) is 13.8. The van der Waals surface area contributed by atoms with Crippen LogP contribution in [0.1, 0.15) is 24.2 Å². The molecule has 4 nitrogen and oxygen atoms in total. The average molecular weight is 259 g/mol. The minimum Gasteiger partial charge on any atom is -0.496 e. The van der Waals surface area contributed by atoms with Crippen molar-refractivity contribution in [1.29, 1.82) is 0 Å². The predicted octanol–water partition coefficient (Wildman–Crippen LogP) is 2.22. The van der Waals surface area contributed by atoms with E-state index in [1.807, 2.05) is 0 Å². The van der Waals surface area contributed by atoms with Crippen molar-refractivity contribution in [1.82, 2.24) is 0 Å². The van der Waals surface area contributed by atoms with Gasteiger partial charge in [0.2, 0.25) is 0 Å². The second-order valence-electron chi connectivity index (χ2n) is 3.56. The number of ether oxygens (including phenoxy) is 2. The molecule has 0 heterocycles. The van der Waals surface area contributed by atoms with Crippen LogP contribution < -0.4 is 9.47 Å². The van der Waals surface area contributed by atoms with Crippen molar-refractivity contribution in [2.75, 3.05) is 7.11 Å². The maximum absolute atomic E-state index is 11.7. The van der Waals surface area contributed by atoms with Crippen LogP contribution in [-0.2, 0) is 0 Å². The van der Waals surface area contributed by atoms with Crippen LogP contribution >= 0.6 is 11.6 Å². The second-order valence-corrected chi connectivity index (χ2v) is 4.18. The summed E-state index contributed by atoms with van der Waals surface area (Å²) in [5.74, 6) is 0.428. The first-order chi connectivity index (χ1) is 7.95. The number of alkyl halides is 1. The molecule has 0 aromatic heterocycles. The molecule has 2 atom stereocenters. The highest BCUT2D eigenvalue weighted by Crippen LogP contribution is 2.26. The average Bonchev–Trinajstić information content (AvgIpc) is 2.27. The molecule has 0 aliphatic rings. The Morgan fingerprint density at radius 2 is 2.06 bits per heavy atom. The summed E-state index contributed by atoms with van der Waals surface area (Å²) in [6, 6.07) is 4.76. The third-order valence-electron chi connectivity index (χ3n) is 2.11. The van der Waals surface area contributed by atoms with Gasteiger partial charge in [-0.15, -0.1) is 0 Å². The normalized spacial score (nSPS) is 13.9. The van der Waals surface area contributed by atoms with Gasteiger partial charge in [0.25, 0.3) is 0 Å². The van der Waals surface area contributed by atoms with Crippen LogP contribution in [0.3, 0.4) is 0 Å². The number of hydrogen-bond donors (Lipinski definition) is 1. The van der Waals surface area contributed by atoms with Crippen molar-refractivity contribution < 1.29 is 19.4 Å². The van der Waals surface area contributed by atoms with Gasteiger partial charge in [-0.3, -0.25) is 4.79 Å². The molecule has 0 bridgehead atoms. The third kappa shape index (κ3) is 3.61. The van der Waals surface area contributed by atoms with E-state index in [0.717, 1.165) is 0 Å². The third-order valence-corrected chi connectivity index (χ3v) is 2.20. The molecule has 0 aliphatic heterocycles. The fraction of sp³-hybridized carbons (Fsp3) is 0.417. The molecule has 5 heteroatoms. The first-order valence-corrected chi connectivity index (χ1v) is 5.60. The van der Waals surface area contributed by atoms with Crippen LogP contribution in [0, 0.1) is 0 Å². The van der Waals surface area contributed by atoms with Crippen molar-refractivity contribution in [3.05, 3.63) is 23.8 Å². The van der Waals surface area contributed by atoms with Gasteiger partial charge in [0.15, 0.2) is 11.3 Å². The molecule has 0 aliphatic carbocycles. The molecule has 94 valence electrons. The molecule has 1 aromatic rings. The lowest BCUT2D eigenvalue weighted by atomic mass is 10.1. The highest BCUT2D eigenvalue weighted by Gasteiger charge is 2.18. The van der Waals surface area contributed by atoms with Crippen LogP contribution in [0.2, 0.25) is 0 Å². The van der Waals surface area contributed by atoms with E-state index < -0.39 is 17.5 Å². The number of aliphatic hydroxyl groups excluding tert-OH is 1. The Labute approximate surface area is 105 Å². The van der Waals surface area contributed by atoms with Gasteiger partial charge in [0.05, 0.1) is 12.7 Å². The number of benzene rings is 1.